The Morgan fingerprint density at radius 1 is 1.44 bits per heavy atom. The summed E-state index contributed by atoms with van der Waals surface area (Å²) in [6, 6.07) is 9.90. The van der Waals surface area contributed by atoms with E-state index in [1.165, 1.54) is 0 Å². The number of benzene rings is 1. The minimum Gasteiger partial charge on any atom is -0.463 e. The van der Waals surface area contributed by atoms with Crippen molar-refractivity contribution in [1.29, 1.82) is 0 Å². The molecule has 0 aromatic heterocycles. The highest BCUT2D eigenvalue weighted by molar-refractivity contribution is 5.90. The highest BCUT2D eigenvalue weighted by Crippen LogP contribution is 2.25. The maximum Gasteiger partial charge on any atom is 0.335 e. The van der Waals surface area contributed by atoms with Crippen LogP contribution in [-0.2, 0) is 9.53 Å². The van der Waals surface area contributed by atoms with Crippen molar-refractivity contribution in [1.82, 2.24) is 5.32 Å². The van der Waals surface area contributed by atoms with Crippen molar-refractivity contribution < 1.29 is 9.53 Å². The van der Waals surface area contributed by atoms with Gasteiger partial charge in [0.1, 0.15) is 0 Å². The van der Waals surface area contributed by atoms with E-state index in [1.807, 2.05) is 43.3 Å². The van der Waals surface area contributed by atoms with Gasteiger partial charge in [-0.15, -0.1) is 0 Å². The quantitative estimate of drug-likeness (QED) is 0.785. The Morgan fingerprint density at radius 2 is 2.19 bits per heavy atom. The van der Waals surface area contributed by atoms with E-state index in [9.17, 15) is 4.79 Å². The molecule has 0 saturated carbocycles. The topological polar surface area (TPSA) is 38.3 Å². The lowest BCUT2D eigenvalue weighted by atomic mass is 10.0. The Balaban J connectivity index is 2.18. The maximum absolute atomic E-state index is 11.7. The molecule has 0 spiro atoms. The van der Waals surface area contributed by atoms with Gasteiger partial charge < -0.3 is 10.1 Å². The molecule has 0 bridgehead atoms. The molecule has 2 rings (SSSR count). The van der Waals surface area contributed by atoms with E-state index >= 15 is 0 Å². The fourth-order valence-electron chi connectivity index (χ4n) is 1.87. The van der Waals surface area contributed by atoms with Crippen LogP contribution in [0.4, 0.5) is 0 Å². The molecule has 1 unspecified atom stereocenters. The zero-order chi connectivity index (χ0) is 11.4. The second-order valence-corrected chi connectivity index (χ2v) is 3.63. The van der Waals surface area contributed by atoms with Gasteiger partial charge >= 0.3 is 5.97 Å². The third-order valence-electron chi connectivity index (χ3n) is 2.60. The molecule has 3 nitrogen and oxygen atoms in total. The van der Waals surface area contributed by atoms with Crippen molar-refractivity contribution in [3.63, 3.8) is 0 Å². The third kappa shape index (κ3) is 2.14. The molecule has 0 fully saturated rings. The van der Waals surface area contributed by atoms with E-state index in [2.05, 4.69) is 5.32 Å². The summed E-state index contributed by atoms with van der Waals surface area (Å²) in [6.07, 6.45) is 1.90. The zero-order valence-corrected chi connectivity index (χ0v) is 9.27. The van der Waals surface area contributed by atoms with E-state index in [-0.39, 0.29) is 12.0 Å². The van der Waals surface area contributed by atoms with Crippen LogP contribution in [0.3, 0.4) is 0 Å². The summed E-state index contributed by atoms with van der Waals surface area (Å²) in [4.78, 5) is 11.7. The first kappa shape index (κ1) is 10.9. The average molecular weight is 217 g/mol. The van der Waals surface area contributed by atoms with Gasteiger partial charge in [-0.1, -0.05) is 36.4 Å². The molecule has 16 heavy (non-hydrogen) atoms. The third-order valence-corrected chi connectivity index (χ3v) is 2.60. The highest BCUT2D eigenvalue weighted by Gasteiger charge is 2.26. The van der Waals surface area contributed by atoms with Crippen molar-refractivity contribution in [2.75, 3.05) is 13.2 Å². The number of hydrogen-bond acceptors (Lipinski definition) is 3. The Bertz CT molecular complexity index is 398. The summed E-state index contributed by atoms with van der Waals surface area (Å²) in [7, 11) is 0. The predicted octanol–water partition coefficient (Wildman–Crippen LogP) is 1.82. The van der Waals surface area contributed by atoms with Crippen LogP contribution in [-0.4, -0.2) is 19.1 Å². The number of rotatable bonds is 3. The fourth-order valence-corrected chi connectivity index (χ4v) is 1.87. The lowest BCUT2D eigenvalue weighted by Gasteiger charge is -2.14. The molecule has 1 aliphatic heterocycles. The van der Waals surface area contributed by atoms with Crippen LogP contribution in [0.2, 0.25) is 0 Å². The largest absolute Gasteiger partial charge is 0.463 e. The number of nitrogens with one attached hydrogen (secondary N) is 1. The first-order valence-corrected chi connectivity index (χ1v) is 5.48. The van der Waals surface area contributed by atoms with Gasteiger partial charge in [0.25, 0.3) is 0 Å². The summed E-state index contributed by atoms with van der Waals surface area (Å²) >= 11 is 0. The molecule has 0 radical (unpaired) electrons. The van der Waals surface area contributed by atoms with E-state index < -0.39 is 0 Å². The van der Waals surface area contributed by atoms with Gasteiger partial charge in [-0.05, 0) is 12.5 Å². The molecule has 1 heterocycles. The number of esters is 1. The van der Waals surface area contributed by atoms with Crippen LogP contribution in [0.1, 0.15) is 18.5 Å². The number of ether oxygens (including phenoxy) is 1. The lowest BCUT2D eigenvalue weighted by Crippen LogP contribution is -2.20. The molecule has 0 aliphatic carbocycles. The Morgan fingerprint density at radius 3 is 2.88 bits per heavy atom. The van der Waals surface area contributed by atoms with Crippen LogP contribution in [0.25, 0.3) is 0 Å². The number of carbonyl (C=O) groups excluding carboxylic acids is 1. The minimum atomic E-state index is -0.221. The fraction of sp³-hybridized carbons (Fsp3) is 0.308. The molecular weight excluding hydrogens is 202 g/mol. The SMILES string of the molecule is CCOC(=O)C1=CCNC1c1ccccc1. The molecule has 1 atom stereocenters. The molecule has 3 heteroatoms. The van der Waals surface area contributed by atoms with Gasteiger partial charge in [0.2, 0.25) is 0 Å². The van der Waals surface area contributed by atoms with Gasteiger partial charge in [-0.3, -0.25) is 0 Å². The predicted molar refractivity (Wildman–Crippen MR) is 61.9 cm³/mol. The molecular formula is C13H15NO2. The summed E-state index contributed by atoms with van der Waals surface area (Å²) in [5.74, 6) is -0.221. The Labute approximate surface area is 95.1 Å². The minimum absolute atomic E-state index is 0.0275. The first-order valence-electron chi connectivity index (χ1n) is 5.48. The smallest absolute Gasteiger partial charge is 0.335 e. The first-order chi connectivity index (χ1) is 7.83. The summed E-state index contributed by atoms with van der Waals surface area (Å²) in [5, 5.41) is 3.27. The molecule has 1 N–H and O–H groups in total. The summed E-state index contributed by atoms with van der Waals surface area (Å²) in [5.41, 5.74) is 1.81. The van der Waals surface area contributed by atoms with Gasteiger partial charge in [0.05, 0.1) is 18.2 Å². The molecule has 0 amide bonds. The standard InChI is InChI=1S/C13H15NO2/c1-2-16-13(15)11-8-9-14-12(11)10-6-4-3-5-7-10/h3-8,12,14H,2,9H2,1H3. The van der Waals surface area contributed by atoms with Crippen molar-refractivity contribution in [2.45, 2.75) is 13.0 Å². The number of carbonyl (C=O) groups is 1. The Kier molecular flexibility index (Phi) is 3.37. The summed E-state index contributed by atoms with van der Waals surface area (Å²) < 4.78 is 5.03. The zero-order valence-electron chi connectivity index (χ0n) is 9.27. The molecule has 1 aromatic rings. The number of hydrogen-bond donors (Lipinski definition) is 1. The second kappa shape index (κ2) is 4.94. The molecule has 1 aliphatic rings. The van der Waals surface area contributed by atoms with Gasteiger partial charge in [-0.2, -0.15) is 0 Å². The van der Waals surface area contributed by atoms with Crippen LogP contribution in [0, 0.1) is 0 Å². The average Bonchev–Trinajstić information content (AvgIpc) is 2.79. The Hall–Kier alpha value is -1.61. The monoisotopic (exact) mass is 217 g/mol. The lowest BCUT2D eigenvalue weighted by molar-refractivity contribution is -0.138. The van der Waals surface area contributed by atoms with Gasteiger partial charge in [0, 0.05) is 6.54 Å². The van der Waals surface area contributed by atoms with Crippen molar-refractivity contribution in [3.05, 3.63) is 47.5 Å². The van der Waals surface area contributed by atoms with Crippen LogP contribution in [0.5, 0.6) is 0 Å². The summed E-state index contributed by atoms with van der Waals surface area (Å²) in [6.45, 7) is 2.95. The van der Waals surface area contributed by atoms with Crippen molar-refractivity contribution in [2.24, 2.45) is 0 Å². The van der Waals surface area contributed by atoms with Gasteiger partial charge in [0.15, 0.2) is 0 Å². The van der Waals surface area contributed by atoms with E-state index in [1.54, 1.807) is 0 Å². The molecule has 1 aromatic carbocycles. The van der Waals surface area contributed by atoms with Gasteiger partial charge in [-0.25, -0.2) is 4.79 Å². The van der Waals surface area contributed by atoms with Crippen LogP contribution < -0.4 is 5.32 Å². The molecule has 0 saturated heterocycles. The van der Waals surface area contributed by atoms with Crippen LogP contribution in [0.15, 0.2) is 42.0 Å². The van der Waals surface area contributed by atoms with Crippen LogP contribution >= 0.6 is 0 Å². The maximum atomic E-state index is 11.7. The highest BCUT2D eigenvalue weighted by atomic mass is 16.5. The van der Waals surface area contributed by atoms with E-state index in [4.69, 9.17) is 4.74 Å². The van der Waals surface area contributed by atoms with Crippen molar-refractivity contribution in [3.8, 4) is 0 Å². The van der Waals surface area contributed by atoms with Crippen molar-refractivity contribution >= 4 is 5.97 Å². The normalized spacial score (nSPS) is 19.3. The second-order valence-electron chi connectivity index (χ2n) is 3.63. The molecule has 84 valence electrons. The van der Waals surface area contributed by atoms with E-state index in [0.717, 1.165) is 5.56 Å². The van der Waals surface area contributed by atoms with E-state index in [0.29, 0.717) is 18.7 Å².